The van der Waals surface area contributed by atoms with Crippen molar-refractivity contribution in [2.24, 2.45) is 11.8 Å². The molecule has 0 bridgehead atoms. The summed E-state index contributed by atoms with van der Waals surface area (Å²) in [4.78, 5) is 22.8. The van der Waals surface area contributed by atoms with Crippen molar-refractivity contribution in [3.8, 4) is 0 Å². The summed E-state index contributed by atoms with van der Waals surface area (Å²) in [5, 5.41) is 20.2. The van der Waals surface area contributed by atoms with Gasteiger partial charge in [0.15, 0.2) is 0 Å². The first-order chi connectivity index (χ1) is 13.0. The van der Waals surface area contributed by atoms with Crippen LogP contribution in [0.15, 0.2) is 24.3 Å². The minimum Gasteiger partial charge on any atom is -0.466 e. The molecule has 0 saturated heterocycles. The van der Waals surface area contributed by atoms with Crippen LogP contribution < -0.4 is 0 Å². The number of esters is 1. The zero-order chi connectivity index (χ0) is 20.1. The summed E-state index contributed by atoms with van der Waals surface area (Å²) in [6, 6.07) is 0. The van der Waals surface area contributed by atoms with Crippen LogP contribution in [0.5, 0.6) is 0 Å². The van der Waals surface area contributed by atoms with Crippen molar-refractivity contribution in [1.29, 1.82) is 0 Å². The molecule has 1 saturated carbocycles. The number of Topliss-reactive ketones (excluding diaryl/α,β-unsaturated/α-hetero) is 1. The lowest BCUT2D eigenvalue weighted by Gasteiger charge is -2.16. The highest BCUT2D eigenvalue weighted by molar-refractivity contribution is 5.84. The topological polar surface area (TPSA) is 83.8 Å². The molecule has 1 rings (SSSR count). The van der Waals surface area contributed by atoms with Gasteiger partial charge in [-0.2, -0.15) is 0 Å². The average Bonchev–Trinajstić information content (AvgIpc) is 2.88. The van der Waals surface area contributed by atoms with Crippen molar-refractivity contribution in [1.82, 2.24) is 0 Å². The fraction of sp³-hybridized carbons (Fsp3) is 0.727. The molecule has 0 heterocycles. The molecule has 0 unspecified atom stereocenters. The van der Waals surface area contributed by atoms with E-state index in [9.17, 15) is 19.8 Å². The monoisotopic (exact) mass is 380 g/mol. The Morgan fingerprint density at radius 2 is 2.04 bits per heavy atom. The molecule has 5 heteroatoms. The van der Waals surface area contributed by atoms with Crippen molar-refractivity contribution >= 4 is 11.8 Å². The summed E-state index contributed by atoms with van der Waals surface area (Å²) in [6.07, 6.45) is 13.8. The van der Waals surface area contributed by atoms with Gasteiger partial charge < -0.3 is 14.9 Å². The van der Waals surface area contributed by atoms with Gasteiger partial charge in [-0.3, -0.25) is 9.59 Å². The van der Waals surface area contributed by atoms with Crippen LogP contribution in [-0.4, -0.2) is 40.8 Å². The van der Waals surface area contributed by atoms with E-state index in [4.69, 9.17) is 4.74 Å². The van der Waals surface area contributed by atoms with Crippen molar-refractivity contribution in [2.75, 3.05) is 6.61 Å². The van der Waals surface area contributed by atoms with Crippen molar-refractivity contribution in [3.63, 3.8) is 0 Å². The average molecular weight is 381 g/mol. The first kappa shape index (κ1) is 23.6. The number of unbranched alkanes of at least 4 members (excludes halogenated alkanes) is 4. The van der Waals surface area contributed by atoms with E-state index in [2.05, 4.69) is 6.92 Å². The van der Waals surface area contributed by atoms with Crippen molar-refractivity contribution in [2.45, 2.75) is 83.8 Å². The third-order valence-corrected chi connectivity index (χ3v) is 5.02. The normalized spacial score (nSPS) is 24.1. The van der Waals surface area contributed by atoms with Crippen LogP contribution in [-0.2, 0) is 14.3 Å². The molecular formula is C22H36O5. The van der Waals surface area contributed by atoms with Crippen LogP contribution in [0, 0.1) is 11.8 Å². The third-order valence-electron chi connectivity index (χ3n) is 5.02. The van der Waals surface area contributed by atoms with E-state index in [0.29, 0.717) is 13.0 Å². The maximum Gasteiger partial charge on any atom is 0.302 e. The number of carbonyl (C=O) groups excluding carboxylic acids is 2. The predicted molar refractivity (Wildman–Crippen MR) is 106 cm³/mol. The maximum absolute atomic E-state index is 12.2. The summed E-state index contributed by atoms with van der Waals surface area (Å²) < 4.78 is 4.88. The molecular weight excluding hydrogens is 344 g/mol. The molecule has 0 amide bonds. The van der Waals surface area contributed by atoms with Gasteiger partial charge in [0.1, 0.15) is 5.78 Å². The standard InChI is InChI=1S/C22H36O5/c1-3-4-8-11-18(24)13-14-20-19(21(25)16-22(20)26)12-9-6-5-7-10-15-27-17(2)23/h6,9,13-14,18-20,22,24,26H,3-5,7-8,10-12,15-16H2,1-2H3/t18-,19+,20+,22+/m0/s1. The van der Waals surface area contributed by atoms with Gasteiger partial charge in [-0.05, 0) is 32.1 Å². The molecule has 4 atom stereocenters. The number of allylic oxidation sites excluding steroid dienone is 2. The summed E-state index contributed by atoms with van der Waals surface area (Å²) >= 11 is 0. The molecule has 0 aromatic heterocycles. The summed E-state index contributed by atoms with van der Waals surface area (Å²) in [7, 11) is 0. The predicted octanol–water partition coefficient (Wildman–Crippen LogP) is 3.73. The van der Waals surface area contributed by atoms with Crippen LogP contribution in [0.25, 0.3) is 0 Å². The number of hydrogen-bond donors (Lipinski definition) is 2. The molecule has 5 nitrogen and oxygen atoms in total. The van der Waals surface area contributed by atoms with Crippen LogP contribution in [0.3, 0.4) is 0 Å². The summed E-state index contributed by atoms with van der Waals surface area (Å²) in [5.41, 5.74) is 0. The van der Waals surface area contributed by atoms with E-state index in [1.807, 2.05) is 18.2 Å². The van der Waals surface area contributed by atoms with Crippen LogP contribution in [0.2, 0.25) is 0 Å². The van der Waals surface area contributed by atoms with Gasteiger partial charge in [-0.1, -0.05) is 50.5 Å². The molecule has 1 aliphatic rings. The fourth-order valence-electron chi connectivity index (χ4n) is 3.42. The van der Waals surface area contributed by atoms with Crippen molar-refractivity contribution < 1.29 is 24.5 Å². The van der Waals surface area contributed by atoms with E-state index >= 15 is 0 Å². The molecule has 0 radical (unpaired) electrons. The molecule has 2 N–H and O–H groups in total. The highest BCUT2D eigenvalue weighted by Gasteiger charge is 2.39. The first-order valence-corrected chi connectivity index (χ1v) is 10.3. The van der Waals surface area contributed by atoms with Crippen molar-refractivity contribution in [3.05, 3.63) is 24.3 Å². The quantitative estimate of drug-likeness (QED) is 0.289. The largest absolute Gasteiger partial charge is 0.466 e. The Bertz CT molecular complexity index is 497. The maximum atomic E-state index is 12.2. The third kappa shape index (κ3) is 9.87. The molecule has 0 spiro atoms. The Morgan fingerprint density at radius 1 is 1.26 bits per heavy atom. The van der Waals surface area contributed by atoms with Gasteiger partial charge >= 0.3 is 5.97 Å². The lowest BCUT2D eigenvalue weighted by molar-refractivity contribution is -0.141. The second-order valence-electron chi connectivity index (χ2n) is 7.41. The highest BCUT2D eigenvalue weighted by atomic mass is 16.5. The number of ether oxygens (including phenoxy) is 1. The minimum absolute atomic E-state index is 0.0946. The molecule has 0 aromatic rings. The Balaban J connectivity index is 2.39. The molecule has 1 fully saturated rings. The zero-order valence-electron chi connectivity index (χ0n) is 16.8. The SMILES string of the molecule is CCCCC[C@H](O)C=C[C@H]1[C@H](O)CC(=O)[C@@H]1CC=CCCCCOC(C)=O. The van der Waals surface area contributed by atoms with E-state index < -0.39 is 12.2 Å². The summed E-state index contributed by atoms with van der Waals surface area (Å²) in [5.74, 6) is -0.584. The second-order valence-corrected chi connectivity index (χ2v) is 7.41. The van der Waals surface area contributed by atoms with E-state index in [1.165, 1.54) is 6.92 Å². The Morgan fingerprint density at radius 3 is 2.74 bits per heavy atom. The minimum atomic E-state index is -0.654. The number of hydrogen-bond acceptors (Lipinski definition) is 5. The van der Waals surface area contributed by atoms with Gasteiger partial charge in [-0.15, -0.1) is 0 Å². The van der Waals surface area contributed by atoms with E-state index in [-0.39, 0.29) is 30.0 Å². The molecule has 0 aromatic carbocycles. The number of aliphatic hydroxyl groups is 2. The smallest absolute Gasteiger partial charge is 0.302 e. The molecule has 0 aliphatic heterocycles. The first-order valence-electron chi connectivity index (χ1n) is 10.3. The Kier molecular flexibility index (Phi) is 11.9. The zero-order valence-corrected chi connectivity index (χ0v) is 16.8. The number of rotatable bonds is 13. The van der Waals surface area contributed by atoms with E-state index in [1.54, 1.807) is 6.08 Å². The van der Waals surface area contributed by atoms with E-state index in [0.717, 1.165) is 44.9 Å². The molecule has 1 aliphatic carbocycles. The van der Waals surface area contributed by atoms with Gasteiger partial charge in [0.2, 0.25) is 0 Å². The van der Waals surface area contributed by atoms with Gasteiger partial charge in [-0.25, -0.2) is 0 Å². The molecule has 154 valence electrons. The van der Waals surface area contributed by atoms with Gasteiger partial charge in [0.25, 0.3) is 0 Å². The number of ketones is 1. The number of aliphatic hydroxyl groups excluding tert-OH is 2. The molecule has 27 heavy (non-hydrogen) atoms. The van der Waals surface area contributed by atoms with Crippen LogP contribution in [0.4, 0.5) is 0 Å². The van der Waals surface area contributed by atoms with Crippen LogP contribution in [0.1, 0.15) is 71.6 Å². The Labute approximate surface area is 163 Å². The lowest BCUT2D eigenvalue weighted by atomic mass is 9.90. The highest BCUT2D eigenvalue weighted by Crippen LogP contribution is 2.33. The second kappa shape index (κ2) is 13.7. The number of carbonyl (C=O) groups is 2. The fourth-order valence-corrected chi connectivity index (χ4v) is 3.42. The Hall–Kier alpha value is -1.46. The lowest BCUT2D eigenvalue weighted by Crippen LogP contribution is -2.18. The summed E-state index contributed by atoms with van der Waals surface area (Å²) in [6.45, 7) is 3.98. The van der Waals surface area contributed by atoms with Gasteiger partial charge in [0.05, 0.1) is 18.8 Å². The van der Waals surface area contributed by atoms with Crippen LogP contribution >= 0.6 is 0 Å². The van der Waals surface area contributed by atoms with Gasteiger partial charge in [0, 0.05) is 25.2 Å².